The van der Waals surface area contributed by atoms with Gasteiger partial charge in [-0.1, -0.05) is 133 Å². The molecule has 0 saturated heterocycles. The molecule has 7 heteroatoms. The third-order valence-electron chi connectivity index (χ3n) is 7.17. The van der Waals surface area contributed by atoms with E-state index in [2.05, 4.69) is 167 Å². The number of benzene rings is 4. The molecule has 0 amide bonds. The van der Waals surface area contributed by atoms with Gasteiger partial charge in [0.1, 0.15) is 11.6 Å². The quantitative estimate of drug-likeness (QED) is 0.118. The SMILES string of the molecule is C[Si](C)(N(c1ccccn1)P(c1ccccc1)c1ccccc1)N(c1ccccn1)P(c1ccccc1)c1ccccc1. The van der Waals surface area contributed by atoms with Crippen LogP contribution in [0.5, 0.6) is 0 Å². The highest BCUT2D eigenvalue weighted by Gasteiger charge is 2.47. The number of hydrogen-bond donors (Lipinski definition) is 0. The average Bonchev–Trinajstić information content (AvgIpc) is 3.08. The Morgan fingerprint density at radius 3 is 0.930 bits per heavy atom. The zero-order valence-electron chi connectivity index (χ0n) is 24.3. The number of nitrogens with zero attached hydrogens (tertiary/aromatic N) is 4. The van der Waals surface area contributed by atoms with Crippen molar-refractivity contribution >= 4 is 57.4 Å². The lowest BCUT2D eigenvalue weighted by molar-refractivity contribution is 1.21. The van der Waals surface area contributed by atoms with Crippen molar-refractivity contribution in [2.75, 3.05) is 8.67 Å². The van der Waals surface area contributed by atoms with Crippen molar-refractivity contribution in [1.29, 1.82) is 0 Å². The molecule has 0 bridgehead atoms. The summed E-state index contributed by atoms with van der Waals surface area (Å²) in [6, 6.07) is 56.2. The highest BCUT2D eigenvalue weighted by atomic mass is 31.1. The van der Waals surface area contributed by atoms with Gasteiger partial charge in [-0.15, -0.1) is 0 Å². The normalized spacial score (nSPS) is 11.4. The van der Waals surface area contributed by atoms with Crippen LogP contribution in [0.1, 0.15) is 0 Å². The van der Waals surface area contributed by atoms with Crippen molar-refractivity contribution in [3.05, 3.63) is 170 Å². The molecular formula is C36H34N4P2Si. The molecule has 0 radical (unpaired) electrons. The van der Waals surface area contributed by atoms with Gasteiger partial charge in [0.05, 0.1) is 0 Å². The van der Waals surface area contributed by atoms with E-state index >= 15 is 0 Å². The molecule has 0 aliphatic rings. The van der Waals surface area contributed by atoms with Crippen LogP contribution in [-0.4, -0.2) is 18.4 Å². The molecule has 0 aliphatic heterocycles. The van der Waals surface area contributed by atoms with E-state index in [9.17, 15) is 0 Å². The van der Waals surface area contributed by atoms with Crippen LogP contribution in [0.3, 0.4) is 0 Å². The third kappa shape index (κ3) is 6.31. The minimum absolute atomic E-state index is 0.981. The van der Waals surface area contributed by atoms with Crippen molar-refractivity contribution in [1.82, 2.24) is 9.97 Å². The second-order valence-corrected chi connectivity index (χ2v) is 19.2. The van der Waals surface area contributed by atoms with E-state index < -0.39 is 24.5 Å². The van der Waals surface area contributed by atoms with Crippen LogP contribution in [0.4, 0.5) is 11.6 Å². The monoisotopic (exact) mass is 612 g/mol. The van der Waals surface area contributed by atoms with Crippen molar-refractivity contribution in [2.24, 2.45) is 0 Å². The smallest absolute Gasteiger partial charge is 0.268 e. The van der Waals surface area contributed by atoms with Gasteiger partial charge < -0.3 is 8.67 Å². The predicted octanol–water partition coefficient (Wildman–Crippen LogP) is 7.59. The summed E-state index contributed by atoms with van der Waals surface area (Å²) in [5.74, 6) is 1.96. The Hall–Kier alpha value is -4.14. The Balaban J connectivity index is 1.64. The molecule has 6 rings (SSSR count). The number of hydrogen-bond acceptors (Lipinski definition) is 4. The van der Waals surface area contributed by atoms with Gasteiger partial charge in [0.15, 0.2) is 0 Å². The number of rotatable bonds is 10. The fourth-order valence-corrected chi connectivity index (χ4v) is 16.9. The minimum atomic E-state index is -2.70. The van der Waals surface area contributed by atoms with Crippen LogP contribution in [0.2, 0.25) is 13.1 Å². The lowest BCUT2D eigenvalue weighted by Crippen LogP contribution is -2.62. The molecule has 0 spiro atoms. The second-order valence-electron chi connectivity index (χ2n) is 10.5. The predicted molar refractivity (Wildman–Crippen MR) is 189 cm³/mol. The van der Waals surface area contributed by atoms with E-state index in [1.165, 1.54) is 21.2 Å². The first-order chi connectivity index (χ1) is 21.1. The minimum Gasteiger partial charge on any atom is -0.337 e. The van der Waals surface area contributed by atoms with Crippen LogP contribution < -0.4 is 29.9 Å². The Morgan fingerprint density at radius 1 is 0.395 bits per heavy atom. The maximum atomic E-state index is 5.04. The summed E-state index contributed by atoms with van der Waals surface area (Å²) in [6.07, 6.45) is 3.83. The van der Waals surface area contributed by atoms with Gasteiger partial charge in [0.25, 0.3) is 8.40 Å². The van der Waals surface area contributed by atoms with Crippen LogP contribution in [0.15, 0.2) is 170 Å². The summed E-state index contributed by atoms with van der Waals surface area (Å²) in [5, 5.41) is 5.17. The summed E-state index contributed by atoms with van der Waals surface area (Å²) < 4.78 is 5.34. The molecule has 0 N–H and O–H groups in total. The van der Waals surface area contributed by atoms with Gasteiger partial charge in [-0.25, -0.2) is 9.97 Å². The number of aromatic nitrogens is 2. The largest absolute Gasteiger partial charge is 0.337 e. The molecule has 4 nitrogen and oxygen atoms in total. The van der Waals surface area contributed by atoms with E-state index in [0.717, 1.165) is 11.6 Å². The second kappa shape index (κ2) is 13.4. The van der Waals surface area contributed by atoms with E-state index in [4.69, 9.17) is 9.97 Å². The molecule has 2 heterocycles. The van der Waals surface area contributed by atoms with E-state index in [0.29, 0.717) is 0 Å². The van der Waals surface area contributed by atoms with E-state index in [-0.39, 0.29) is 0 Å². The molecule has 0 atom stereocenters. The van der Waals surface area contributed by atoms with Crippen molar-refractivity contribution < 1.29 is 0 Å². The van der Waals surface area contributed by atoms with Gasteiger partial charge in [0.2, 0.25) is 0 Å². The zero-order chi connectivity index (χ0) is 29.5. The van der Waals surface area contributed by atoms with Gasteiger partial charge in [-0.05, 0) is 58.6 Å². The Morgan fingerprint density at radius 2 is 0.674 bits per heavy atom. The molecule has 6 aromatic rings. The van der Waals surface area contributed by atoms with E-state index in [1.807, 2.05) is 24.5 Å². The van der Waals surface area contributed by atoms with Crippen molar-refractivity contribution in [3.63, 3.8) is 0 Å². The molecular weight excluding hydrogens is 578 g/mol. The van der Waals surface area contributed by atoms with E-state index in [1.54, 1.807) is 0 Å². The van der Waals surface area contributed by atoms with Crippen molar-refractivity contribution in [3.8, 4) is 0 Å². The lowest BCUT2D eigenvalue weighted by Gasteiger charge is -2.51. The Kier molecular flexibility index (Phi) is 9.05. The number of anilines is 2. The molecule has 0 fully saturated rings. The van der Waals surface area contributed by atoms with Gasteiger partial charge >= 0.3 is 0 Å². The highest BCUT2D eigenvalue weighted by molar-refractivity contribution is 7.80. The Labute approximate surface area is 258 Å². The van der Waals surface area contributed by atoms with Gasteiger partial charge in [0, 0.05) is 28.5 Å². The van der Waals surface area contributed by atoms with Gasteiger partial charge in [-0.3, -0.25) is 0 Å². The van der Waals surface area contributed by atoms with Crippen LogP contribution in [0, 0.1) is 0 Å². The first kappa shape index (κ1) is 29.0. The maximum Gasteiger partial charge on any atom is 0.268 e. The molecule has 0 saturated carbocycles. The fraction of sp³-hybridized carbons (Fsp3) is 0.0556. The van der Waals surface area contributed by atoms with Gasteiger partial charge in [-0.2, -0.15) is 0 Å². The molecule has 212 valence electrons. The Bertz CT molecular complexity index is 1490. The standard InChI is InChI=1S/C36H34N4P2Si/c1-43(2,39(35-27-15-17-29-37-35)41(31-19-7-3-8-20-31)32-21-9-4-10-22-32)40(36-28-16-18-30-38-36)42(33-23-11-5-12-24-33)34-25-13-6-14-26-34/h3-30H,1-2H3. The summed E-state index contributed by atoms with van der Waals surface area (Å²) >= 11 is 0. The first-order valence-corrected chi connectivity index (χ1v) is 19.9. The third-order valence-corrected chi connectivity index (χ3v) is 18.2. The molecule has 43 heavy (non-hydrogen) atoms. The highest BCUT2D eigenvalue weighted by Crippen LogP contribution is 2.52. The fourth-order valence-electron chi connectivity index (χ4n) is 5.34. The van der Waals surface area contributed by atoms with Crippen LogP contribution >= 0.6 is 16.1 Å². The lowest BCUT2D eigenvalue weighted by atomic mass is 10.4. The average molecular weight is 613 g/mol. The molecule has 0 unspecified atom stereocenters. The van der Waals surface area contributed by atoms with Crippen LogP contribution in [-0.2, 0) is 0 Å². The summed E-state index contributed by atoms with van der Waals surface area (Å²) in [4.78, 5) is 10.1. The summed E-state index contributed by atoms with van der Waals surface area (Å²) in [6.45, 7) is 4.91. The zero-order valence-corrected chi connectivity index (χ0v) is 27.1. The maximum absolute atomic E-state index is 5.04. The summed E-state index contributed by atoms with van der Waals surface area (Å²) in [5.41, 5.74) is 0. The first-order valence-electron chi connectivity index (χ1n) is 14.4. The molecule has 0 aliphatic carbocycles. The molecule has 4 aromatic carbocycles. The van der Waals surface area contributed by atoms with Crippen LogP contribution in [0.25, 0.3) is 0 Å². The molecule has 2 aromatic heterocycles. The topological polar surface area (TPSA) is 32.3 Å². The summed E-state index contributed by atoms with van der Waals surface area (Å²) in [7, 11) is -4.68. The van der Waals surface area contributed by atoms with Crippen molar-refractivity contribution in [2.45, 2.75) is 13.1 Å². The number of pyridine rings is 2.